The Labute approximate surface area is 182 Å². The number of nitrogens with one attached hydrogen (secondary N) is 1. The second kappa shape index (κ2) is 8.19. The summed E-state index contributed by atoms with van der Waals surface area (Å²) in [4.78, 5) is 31.0. The summed E-state index contributed by atoms with van der Waals surface area (Å²) in [6.07, 6.45) is 5.31. The number of nitrogens with two attached hydrogens (primary N) is 1. The highest BCUT2D eigenvalue weighted by Crippen LogP contribution is 2.38. The highest BCUT2D eigenvalue weighted by Gasteiger charge is 2.34. The molecule has 0 radical (unpaired) electrons. The van der Waals surface area contributed by atoms with E-state index in [1.807, 2.05) is 24.4 Å². The molecule has 2 aromatic carbocycles. The Balaban J connectivity index is 1.19. The molecule has 3 heterocycles. The summed E-state index contributed by atoms with van der Waals surface area (Å²) in [7, 11) is 0. The van der Waals surface area contributed by atoms with Crippen LogP contribution in [0.5, 0.6) is 0 Å². The first-order valence-corrected chi connectivity index (χ1v) is 11.1. The number of hydrogen-bond acceptors (Lipinski definition) is 3. The number of anilines is 1. The number of piperidine rings is 1. The van der Waals surface area contributed by atoms with Gasteiger partial charge in [-0.15, -0.1) is 0 Å². The molecule has 0 bridgehead atoms. The minimum atomic E-state index is -0.893. The minimum Gasteiger partial charge on any atom is -0.361 e. The van der Waals surface area contributed by atoms with Crippen molar-refractivity contribution in [1.29, 1.82) is 0 Å². The molecule has 6 nitrogen and oxygen atoms in total. The van der Waals surface area contributed by atoms with Crippen LogP contribution in [0.1, 0.15) is 42.2 Å². The molecule has 2 aliphatic rings. The molecule has 2 aliphatic heterocycles. The van der Waals surface area contributed by atoms with Crippen molar-refractivity contribution >= 4 is 28.4 Å². The molecule has 0 aliphatic carbocycles. The molecule has 0 spiro atoms. The van der Waals surface area contributed by atoms with E-state index in [1.165, 1.54) is 29.3 Å². The molecule has 1 unspecified atom stereocenters. The number of rotatable bonds is 4. The maximum Gasteiger partial charge on any atom is 0.316 e. The van der Waals surface area contributed by atoms with Gasteiger partial charge in [-0.3, -0.25) is 9.59 Å². The lowest BCUT2D eigenvalue weighted by molar-refractivity contribution is -0.135. The van der Waals surface area contributed by atoms with Crippen molar-refractivity contribution in [3.05, 3.63) is 65.9 Å². The Hall–Kier alpha value is -3.12. The highest BCUT2D eigenvalue weighted by molar-refractivity contribution is 6.40. The molecule has 1 atom stereocenters. The van der Waals surface area contributed by atoms with Gasteiger partial charge >= 0.3 is 11.8 Å². The molecular formula is C25H28N4O2. The van der Waals surface area contributed by atoms with Gasteiger partial charge in [-0.05, 0) is 85.6 Å². The zero-order valence-electron chi connectivity index (χ0n) is 17.6. The molecule has 31 heavy (non-hydrogen) atoms. The van der Waals surface area contributed by atoms with Gasteiger partial charge in [0.1, 0.15) is 0 Å². The zero-order chi connectivity index (χ0) is 21.4. The summed E-state index contributed by atoms with van der Waals surface area (Å²) in [5.74, 6) is -0.648. The lowest BCUT2D eigenvalue weighted by Crippen LogP contribution is -2.40. The van der Waals surface area contributed by atoms with Crippen LogP contribution in [0.4, 0.5) is 5.69 Å². The zero-order valence-corrected chi connectivity index (χ0v) is 17.6. The van der Waals surface area contributed by atoms with Crippen LogP contribution in [0.2, 0.25) is 0 Å². The summed E-state index contributed by atoms with van der Waals surface area (Å²) < 4.78 is 0. The molecule has 3 aromatic rings. The van der Waals surface area contributed by atoms with E-state index in [0.717, 1.165) is 37.3 Å². The molecule has 2 amide bonds. The Morgan fingerprint density at radius 1 is 1.06 bits per heavy atom. The highest BCUT2D eigenvalue weighted by atomic mass is 16.2. The number of carbonyl (C=O) groups excluding carboxylic acids is 2. The second-order valence-corrected chi connectivity index (χ2v) is 8.76. The fraction of sp³-hybridized carbons (Fsp3) is 0.360. The van der Waals surface area contributed by atoms with Crippen LogP contribution < -0.4 is 10.6 Å². The summed E-state index contributed by atoms with van der Waals surface area (Å²) in [5, 5.41) is 1.29. The number of primary amides is 1. The molecule has 6 heteroatoms. The van der Waals surface area contributed by atoms with E-state index in [-0.39, 0.29) is 5.92 Å². The van der Waals surface area contributed by atoms with Gasteiger partial charge in [0.25, 0.3) is 0 Å². The van der Waals surface area contributed by atoms with Gasteiger partial charge in [-0.2, -0.15) is 0 Å². The smallest absolute Gasteiger partial charge is 0.316 e. The number of hydrogen-bond donors (Lipinski definition) is 2. The molecule has 160 valence electrons. The largest absolute Gasteiger partial charge is 0.361 e. The third kappa shape index (κ3) is 3.83. The van der Waals surface area contributed by atoms with Crippen molar-refractivity contribution in [3.63, 3.8) is 0 Å². The Kier molecular flexibility index (Phi) is 5.24. The maximum atomic E-state index is 12.2. The van der Waals surface area contributed by atoms with Crippen LogP contribution in [0.25, 0.3) is 10.9 Å². The average Bonchev–Trinajstić information content (AvgIpc) is 3.41. The summed E-state index contributed by atoms with van der Waals surface area (Å²) >= 11 is 0. The van der Waals surface area contributed by atoms with Crippen LogP contribution in [0, 0.1) is 0 Å². The van der Waals surface area contributed by atoms with Gasteiger partial charge in [0.2, 0.25) is 0 Å². The van der Waals surface area contributed by atoms with Crippen molar-refractivity contribution in [2.75, 3.05) is 31.1 Å². The van der Waals surface area contributed by atoms with Crippen molar-refractivity contribution < 1.29 is 9.59 Å². The topological polar surface area (TPSA) is 82.4 Å². The van der Waals surface area contributed by atoms with Crippen molar-refractivity contribution in [2.24, 2.45) is 5.73 Å². The first-order valence-electron chi connectivity index (χ1n) is 11.1. The van der Waals surface area contributed by atoms with Crippen LogP contribution in [-0.2, 0) is 9.59 Å². The van der Waals surface area contributed by atoms with Crippen molar-refractivity contribution in [2.45, 2.75) is 31.1 Å². The predicted molar refractivity (Wildman–Crippen MR) is 122 cm³/mol. The van der Waals surface area contributed by atoms with Gasteiger partial charge in [0.15, 0.2) is 0 Å². The van der Waals surface area contributed by atoms with E-state index >= 15 is 0 Å². The summed E-state index contributed by atoms with van der Waals surface area (Å²) in [6.45, 7) is 3.72. The Bertz CT molecular complexity index is 1110. The van der Waals surface area contributed by atoms with Gasteiger partial charge in [0.05, 0.1) is 0 Å². The van der Waals surface area contributed by atoms with Gasteiger partial charge in [-0.25, -0.2) is 0 Å². The van der Waals surface area contributed by atoms with E-state index in [2.05, 4.69) is 40.2 Å². The molecule has 3 N–H and O–H groups in total. The Morgan fingerprint density at radius 2 is 1.87 bits per heavy atom. The minimum absolute atomic E-state index is 0.244. The molecule has 0 saturated carbocycles. The predicted octanol–water partition coefficient (Wildman–Crippen LogP) is 3.35. The monoisotopic (exact) mass is 416 g/mol. The number of para-hydroxylation sites is 1. The van der Waals surface area contributed by atoms with Crippen LogP contribution in [0.3, 0.4) is 0 Å². The van der Waals surface area contributed by atoms with Crippen LogP contribution in [0.15, 0.2) is 54.7 Å². The van der Waals surface area contributed by atoms with E-state index < -0.39 is 11.8 Å². The second-order valence-electron chi connectivity index (χ2n) is 8.76. The van der Waals surface area contributed by atoms with Crippen molar-refractivity contribution in [1.82, 2.24) is 9.88 Å². The number of nitrogens with zero attached hydrogens (tertiary/aromatic N) is 2. The first-order chi connectivity index (χ1) is 15.1. The van der Waals surface area contributed by atoms with Crippen LogP contribution >= 0.6 is 0 Å². The number of aromatic nitrogens is 1. The quantitative estimate of drug-likeness (QED) is 0.640. The van der Waals surface area contributed by atoms with Gasteiger partial charge < -0.3 is 20.5 Å². The summed E-state index contributed by atoms with van der Waals surface area (Å²) in [6, 6.07) is 16.8. The first kappa shape index (κ1) is 19.8. The number of amides is 2. The van der Waals surface area contributed by atoms with E-state index in [9.17, 15) is 9.59 Å². The molecule has 1 saturated heterocycles. The normalized spacial score (nSPS) is 19.6. The lowest BCUT2D eigenvalue weighted by Gasteiger charge is -2.33. The number of likely N-dealkylation sites (tertiary alicyclic amines) is 1. The maximum absolute atomic E-state index is 12.2. The summed E-state index contributed by atoms with van der Waals surface area (Å²) in [5.41, 5.74) is 9.87. The van der Waals surface area contributed by atoms with Crippen LogP contribution in [-0.4, -0.2) is 47.9 Å². The molecular weight excluding hydrogens is 388 g/mol. The number of fused-ring (bicyclic) bond motifs is 2. The van der Waals surface area contributed by atoms with Gasteiger partial charge in [0, 0.05) is 29.9 Å². The standard InChI is InChI=1S/C25H28N4O2/c26-24(30)25(31)29-16-20(21-3-1-2-4-23(21)29)10-14-28-12-8-17(9-13-28)18-5-6-22-19(15-18)7-11-27-22/h1-7,11,15,17,20,27H,8-10,12-14,16H2,(H2,26,30). The van der Waals surface area contributed by atoms with Gasteiger partial charge in [-0.1, -0.05) is 24.3 Å². The number of aromatic amines is 1. The fourth-order valence-corrected chi connectivity index (χ4v) is 5.22. The van der Waals surface area contributed by atoms with E-state index in [1.54, 1.807) is 4.90 Å². The molecule has 1 fully saturated rings. The molecule has 5 rings (SSSR count). The lowest BCUT2D eigenvalue weighted by atomic mass is 9.88. The Morgan fingerprint density at radius 3 is 2.68 bits per heavy atom. The number of H-pyrrole nitrogens is 1. The average molecular weight is 417 g/mol. The number of carbonyl (C=O) groups is 2. The SMILES string of the molecule is NC(=O)C(=O)N1CC(CCN2CCC(c3ccc4[nH]ccc4c3)CC2)c2ccccc21. The third-order valence-electron chi connectivity index (χ3n) is 6.96. The van der Waals surface area contributed by atoms with E-state index in [4.69, 9.17) is 5.73 Å². The van der Waals surface area contributed by atoms with E-state index in [0.29, 0.717) is 12.5 Å². The molecule has 1 aromatic heterocycles. The fourth-order valence-electron chi connectivity index (χ4n) is 5.22. The van der Waals surface area contributed by atoms with Crippen molar-refractivity contribution in [3.8, 4) is 0 Å². The number of benzene rings is 2. The third-order valence-corrected chi connectivity index (χ3v) is 6.96.